The van der Waals surface area contributed by atoms with Gasteiger partial charge in [0.15, 0.2) is 0 Å². The van der Waals surface area contributed by atoms with E-state index in [1.54, 1.807) is 6.20 Å². The molecule has 5 heteroatoms. The van der Waals surface area contributed by atoms with Crippen LogP contribution in [0.1, 0.15) is 0 Å². The van der Waals surface area contributed by atoms with E-state index in [9.17, 15) is 0 Å². The lowest BCUT2D eigenvalue weighted by atomic mass is 10.1. The van der Waals surface area contributed by atoms with Crippen molar-refractivity contribution < 1.29 is 0 Å². The number of fused-ring (bicyclic) bond motifs is 2. The topological polar surface area (TPSA) is 43.6 Å². The Kier molecular flexibility index (Phi) is 3.43. The fourth-order valence-corrected chi connectivity index (χ4v) is 3.36. The van der Waals surface area contributed by atoms with E-state index < -0.39 is 0 Å². The zero-order valence-corrected chi connectivity index (χ0v) is 14.4. The van der Waals surface area contributed by atoms with Crippen LogP contribution in [0.4, 0.5) is 0 Å². The molecule has 2 aromatic heterocycles. The second kappa shape index (κ2) is 5.93. The van der Waals surface area contributed by atoms with Crippen molar-refractivity contribution in [1.29, 1.82) is 0 Å². The van der Waals surface area contributed by atoms with E-state index in [0.29, 0.717) is 0 Å². The van der Waals surface area contributed by atoms with Gasteiger partial charge in [-0.05, 0) is 24.3 Å². The third-order valence-electron chi connectivity index (χ3n) is 4.42. The highest BCUT2D eigenvalue weighted by Gasteiger charge is 2.10. The van der Waals surface area contributed by atoms with Gasteiger partial charge in [0.1, 0.15) is 0 Å². The van der Waals surface area contributed by atoms with E-state index in [0.717, 1.165) is 43.8 Å². The van der Waals surface area contributed by atoms with Crippen LogP contribution in [-0.2, 0) is 0 Å². The van der Waals surface area contributed by atoms with Gasteiger partial charge in [0.25, 0.3) is 0 Å². The first-order chi connectivity index (χ1) is 12.8. The molecule has 4 nitrogen and oxygen atoms in total. The fourth-order valence-electron chi connectivity index (χ4n) is 3.13. The lowest BCUT2D eigenvalue weighted by Gasteiger charge is -2.08. The molecule has 5 rings (SSSR count). The Hall–Kier alpha value is -3.24. The van der Waals surface area contributed by atoms with E-state index >= 15 is 0 Å². The summed E-state index contributed by atoms with van der Waals surface area (Å²) in [6.07, 6.45) is 5.56. The molecule has 0 amide bonds. The first-order valence-electron chi connectivity index (χ1n) is 8.24. The minimum atomic E-state index is 0.733. The summed E-state index contributed by atoms with van der Waals surface area (Å²) in [6.45, 7) is 0. The molecule has 0 fully saturated rings. The van der Waals surface area contributed by atoms with E-state index in [2.05, 4.69) is 10.1 Å². The maximum Gasteiger partial charge on any atom is 0.0924 e. The molecule has 0 N–H and O–H groups in total. The maximum atomic E-state index is 6.33. The number of aromatic nitrogens is 4. The Bertz CT molecular complexity index is 1260. The lowest BCUT2D eigenvalue weighted by Crippen LogP contribution is -1.95. The Morgan fingerprint density at radius 3 is 2.42 bits per heavy atom. The van der Waals surface area contributed by atoms with E-state index in [4.69, 9.17) is 16.6 Å². The fraction of sp³-hybridized carbons (Fsp3) is 0. The Morgan fingerprint density at radius 1 is 0.769 bits per heavy atom. The van der Waals surface area contributed by atoms with Crippen LogP contribution in [0.15, 0.2) is 79.3 Å². The van der Waals surface area contributed by atoms with E-state index in [1.165, 1.54) is 0 Å². The molecule has 0 atom stereocenters. The molecule has 0 saturated carbocycles. The number of hydrogen-bond donors (Lipinski definition) is 0. The van der Waals surface area contributed by atoms with Crippen molar-refractivity contribution >= 4 is 33.4 Å². The van der Waals surface area contributed by atoms with Crippen molar-refractivity contribution in [3.8, 4) is 16.9 Å². The van der Waals surface area contributed by atoms with Crippen LogP contribution >= 0.6 is 11.6 Å². The molecule has 0 aliphatic heterocycles. The molecule has 0 saturated heterocycles. The van der Waals surface area contributed by atoms with E-state index in [-0.39, 0.29) is 0 Å². The summed E-state index contributed by atoms with van der Waals surface area (Å²) in [4.78, 5) is 9.18. The van der Waals surface area contributed by atoms with Crippen LogP contribution in [0.2, 0.25) is 5.02 Å². The minimum Gasteiger partial charge on any atom is -0.252 e. The van der Waals surface area contributed by atoms with Crippen LogP contribution in [0.25, 0.3) is 38.8 Å². The Balaban J connectivity index is 1.63. The highest BCUT2D eigenvalue weighted by Crippen LogP contribution is 2.29. The quantitative estimate of drug-likeness (QED) is 0.431. The van der Waals surface area contributed by atoms with Crippen molar-refractivity contribution in [1.82, 2.24) is 19.7 Å². The van der Waals surface area contributed by atoms with Gasteiger partial charge in [0.05, 0.1) is 34.8 Å². The molecule has 124 valence electrons. The molecular formula is C21H13ClN4. The van der Waals surface area contributed by atoms with Crippen molar-refractivity contribution in [3.63, 3.8) is 0 Å². The first kappa shape index (κ1) is 15.0. The molecule has 0 aliphatic rings. The predicted molar refractivity (Wildman–Crippen MR) is 105 cm³/mol. The highest BCUT2D eigenvalue weighted by molar-refractivity contribution is 6.35. The number of nitrogens with zero attached hydrogens (tertiary/aromatic N) is 4. The molecule has 0 aliphatic carbocycles. The van der Waals surface area contributed by atoms with Gasteiger partial charge >= 0.3 is 0 Å². The summed E-state index contributed by atoms with van der Waals surface area (Å²) in [5, 5.41) is 7.33. The molecule has 26 heavy (non-hydrogen) atoms. The second-order valence-electron chi connectivity index (χ2n) is 6.03. The number of para-hydroxylation sites is 2. The second-order valence-corrected chi connectivity index (χ2v) is 6.44. The summed E-state index contributed by atoms with van der Waals surface area (Å²) in [5.41, 5.74) is 4.45. The average Bonchev–Trinajstić information content (AvgIpc) is 3.18. The predicted octanol–water partition coefficient (Wildman–Crippen LogP) is 5.29. The lowest BCUT2D eigenvalue weighted by molar-refractivity contribution is 0.888. The van der Waals surface area contributed by atoms with Crippen molar-refractivity contribution in [2.75, 3.05) is 0 Å². The maximum absolute atomic E-state index is 6.33. The number of rotatable bonds is 2. The van der Waals surface area contributed by atoms with Gasteiger partial charge in [-0.2, -0.15) is 5.10 Å². The van der Waals surface area contributed by atoms with Crippen LogP contribution in [0, 0.1) is 0 Å². The van der Waals surface area contributed by atoms with Crippen molar-refractivity contribution in [2.45, 2.75) is 0 Å². The highest BCUT2D eigenvalue weighted by atomic mass is 35.5. The molecule has 0 bridgehead atoms. The summed E-state index contributed by atoms with van der Waals surface area (Å²) < 4.78 is 1.85. The van der Waals surface area contributed by atoms with Crippen molar-refractivity contribution in [3.05, 3.63) is 84.3 Å². The SMILES string of the molecule is Clc1ccc(-n2cc(-c3cnc4ccccc4n3)cn2)c2ccccc12. The third kappa shape index (κ3) is 2.43. The van der Waals surface area contributed by atoms with Crippen LogP contribution in [0.3, 0.4) is 0 Å². The Morgan fingerprint density at radius 2 is 1.54 bits per heavy atom. The normalized spacial score (nSPS) is 11.3. The van der Waals surface area contributed by atoms with E-state index in [1.807, 2.05) is 77.7 Å². The molecule has 0 radical (unpaired) electrons. The summed E-state index contributed by atoms with van der Waals surface area (Å²) in [7, 11) is 0. The zero-order chi connectivity index (χ0) is 17.5. The van der Waals surface area contributed by atoms with Gasteiger partial charge in [-0.15, -0.1) is 0 Å². The molecule has 0 spiro atoms. The van der Waals surface area contributed by atoms with Crippen molar-refractivity contribution in [2.24, 2.45) is 0 Å². The number of hydrogen-bond acceptors (Lipinski definition) is 3. The zero-order valence-electron chi connectivity index (χ0n) is 13.7. The summed E-state index contributed by atoms with van der Waals surface area (Å²) in [5.74, 6) is 0. The first-order valence-corrected chi connectivity index (χ1v) is 8.62. The number of benzene rings is 3. The standard InChI is InChI=1S/C21H13ClN4/c22-17-9-10-21(16-6-2-1-5-15(16)17)26-13-14(11-24-26)20-12-23-18-7-3-4-8-19(18)25-20/h1-13H. The monoisotopic (exact) mass is 356 g/mol. The molecule has 5 aromatic rings. The molecule has 0 unspecified atom stereocenters. The van der Waals surface area contributed by atoms with Gasteiger partial charge in [-0.3, -0.25) is 4.98 Å². The Labute approximate surface area is 154 Å². The van der Waals surface area contributed by atoms with Crippen LogP contribution in [-0.4, -0.2) is 19.7 Å². The van der Waals surface area contributed by atoms with Gasteiger partial charge in [0.2, 0.25) is 0 Å². The minimum absolute atomic E-state index is 0.733. The molecular weight excluding hydrogens is 344 g/mol. The summed E-state index contributed by atoms with van der Waals surface area (Å²) in [6, 6.07) is 19.8. The van der Waals surface area contributed by atoms with Gasteiger partial charge in [-0.1, -0.05) is 48.0 Å². The third-order valence-corrected chi connectivity index (χ3v) is 4.75. The smallest absolute Gasteiger partial charge is 0.0924 e. The largest absolute Gasteiger partial charge is 0.252 e. The van der Waals surface area contributed by atoms with Gasteiger partial charge < -0.3 is 0 Å². The van der Waals surface area contributed by atoms with Gasteiger partial charge in [0, 0.05) is 27.6 Å². The molecule has 2 heterocycles. The molecule has 3 aromatic carbocycles. The van der Waals surface area contributed by atoms with Crippen LogP contribution in [0.5, 0.6) is 0 Å². The average molecular weight is 357 g/mol. The van der Waals surface area contributed by atoms with Gasteiger partial charge in [-0.25, -0.2) is 9.67 Å². The summed E-state index contributed by atoms with van der Waals surface area (Å²) >= 11 is 6.33. The number of halogens is 1. The van der Waals surface area contributed by atoms with Crippen LogP contribution < -0.4 is 0 Å².